The van der Waals surface area contributed by atoms with Gasteiger partial charge in [0.15, 0.2) is 0 Å². The average molecular weight is 325 g/mol. The minimum absolute atomic E-state index is 0.0409. The minimum Gasteiger partial charge on any atom is -0.449 e. The van der Waals surface area contributed by atoms with Crippen molar-refractivity contribution >= 4 is 6.09 Å². The van der Waals surface area contributed by atoms with Crippen LogP contribution in [0.2, 0.25) is 0 Å². The second kappa shape index (κ2) is 7.57. The van der Waals surface area contributed by atoms with Crippen LogP contribution >= 0.6 is 0 Å². The SMILES string of the molecule is O=C(NCc1ccc(C(F)(F)F)nc1)OCCc1ccncc1. The number of halogens is 3. The van der Waals surface area contributed by atoms with Gasteiger partial charge in [-0.3, -0.25) is 9.97 Å². The quantitative estimate of drug-likeness (QED) is 0.918. The number of hydrogen-bond acceptors (Lipinski definition) is 4. The molecule has 0 saturated carbocycles. The highest BCUT2D eigenvalue weighted by atomic mass is 19.4. The van der Waals surface area contributed by atoms with Crippen LogP contribution in [-0.2, 0) is 23.9 Å². The Bertz CT molecular complexity index is 631. The third-order valence-electron chi connectivity index (χ3n) is 2.93. The van der Waals surface area contributed by atoms with Crippen molar-refractivity contribution in [2.45, 2.75) is 19.1 Å². The van der Waals surface area contributed by atoms with Crippen molar-refractivity contribution < 1.29 is 22.7 Å². The Morgan fingerprint density at radius 2 is 1.87 bits per heavy atom. The Kier molecular flexibility index (Phi) is 5.51. The number of ether oxygens (including phenoxy) is 1. The molecule has 2 aromatic rings. The van der Waals surface area contributed by atoms with Crippen LogP contribution in [0.4, 0.5) is 18.0 Å². The first-order valence-corrected chi connectivity index (χ1v) is 6.77. The molecule has 122 valence electrons. The molecular weight excluding hydrogens is 311 g/mol. The lowest BCUT2D eigenvalue weighted by molar-refractivity contribution is -0.141. The summed E-state index contributed by atoms with van der Waals surface area (Å²) in [6.45, 7) is 0.236. The Balaban J connectivity index is 1.72. The Labute approximate surface area is 130 Å². The number of nitrogens with one attached hydrogen (secondary N) is 1. The largest absolute Gasteiger partial charge is 0.449 e. The maximum atomic E-state index is 12.4. The number of alkyl carbamates (subject to hydrolysis) is 1. The van der Waals surface area contributed by atoms with E-state index in [9.17, 15) is 18.0 Å². The molecule has 0 atom stereocenters. The monoisotopic (exact) mass is 325 g/mol. The molecule has 23 heavy (non-hydrogen) atoms. The highest BCUT2D eigenvalue weighted by Gasteiger charge is 2.31. The Morgan fingerprint density at radius 3 is 2.48 bits per heavy atom. The van der Waals surface area contributed by atoms with Gasteiger partial charge in [-0.15, -0.1) is 0 Å². The molecule has 0 aliphatic rings. The van der Waals surface area contributed by atoms with Crippen LogP contribution in [0.15, 0.2) is 42.9 Å². The molecule has 8 heteroatoms. The molecule has 0 bridgehead atoms. The standard InChI is InChI=1S/C15H14F3N3O2/c16-15(17,18)13-2-1-12(9-20-13)10-21-14(22)23-8-5-11-3-6-19-7-4-11/h1-4,6-7,9H,5,8,10H2,(H,21,22). The molecule has 2 rings (SSSR count). The molecule has 1 N–H and O–H groups in total. The van der Waals surface area contributed by atoms with Gasteiger partial charge >= 0.3 is 12.3 Å². The molecular formula is C15H14F3N3O2. The second-order valence-corrected chi connectivity index (χ2v) is 4.64. The first-order chi connectivity index (χ1) is 10.9. The molecule has 0 radical (unpaired) electrons. The van der Waals surface area contributed by atoms with Crippen molar-refractivity contribution in [2.75, 3.05) is 6.61 Å². The van der Waals surface area contributed by atoms with Crippen LogP contribution in [0.3, 0.4) is 0 Å². The van der Waals surface area contributed by atoms with Crippen LogP contribution in [0.5, 0.6) is 0 Å². The fourth-order valence-electron chi connectivity index (χ4n) is 1.73. The van der Waals surface area contributed by atoms with E-state index in [1.54, 1.807) is 12.4 Å². The van der Waals surface area contributed by atoms with Crippen molar-refractivity contribution in [2.24, 2.45) is 0 Å². The van der Waals surface area contributed by atoms with Gasteiger partial charge in [0.2, 0.25) is 0 Å². The summed E-state index contributed by atoms with van der Waals surface area (Å²) in [5, 5.41) is 2.45. The average Bonchev–Trinajstić information content (AvgIpc) is 2.53. The van der Waals surface area contributed by atoms with Crippen molar-refractivity contribution in [1.29, 1.82) is 0 Å². The normalized spacial score (nSPS) is 11.1. The predicted octanol–water partition coefficient (Wildman–Crippen LogP) is 2.96. The summed E-state index contributed by atoms with van der Waals surface area (Å²) in [6.07, 6.45) is -0.200. The van der Waals surface area contributed by atoms with Crippen molar-refractivity contribution in [3.8, 4) is 0 Å². The van der Waals surface area contributed by atoms with Crippen LogP contribution in [0.25, 0.3) is 0 Å². The molecule has 0 aromatic carbocycles. The van der Waals surface area contributed by atoms with Crippen LogP contribution in [0.1, 0.15) is 16.8 Å². The molecule has 0 fully saturated rings. The van der Waals surface area contributed by atoms with E-state index in [0.717, 1.165) is 17.8 Å². The lowest BCUT2D eigenvalue weighted by atomic mass is 10.2. The highest BCUT2D eigenvalue weighted by molar-refractivity contribution is 5.67. The van der Waals surface area contributed by atoms with E-state index in [0.29, 0.717) is 12.0 Å². The highest BCUT2D eigenvalue weighted by Crippen LogP contribution is 2.27. The first kappa shape index (κ1) is 16.7. The summed E-state index contributed by atoms with van der Waals surface area (Å²) >= 11 is 0. The van der Waals surface area contributed by atoms with Gasteiger partial charge in [-0.2, -0.15) is 13.2 Å². The van der Waals surface area contributed by atoms with Gasteiger partial charge in [-0.25, -0.2) is 4.79 Å². The molecule has 0 spiro atoms. The minimum atomic E-state index is -4.47. The van der Waals surface area contributed by atoms with Gasteiger partial charge in [0.25, 0.3) is 0 Å². The first-order valence-electron chi connectivity index (χ1n) is 6.77. The third-order valence-corrected chi connectivity index (χ3v) is 2.93. The van der Waals surface area contributed by atoms with Gasteiger partial charge in [-0.1, -0.05) is 6.07 Å². The Morgan fingerprint density at radius 1 is 1.13 bits per heavy atom. The lowest BCUT2D eigenvalue weighted by Gasteiger charge is -2.08. The smallest absolute Gasteiger partial charge is 0.433 e. The van der Waals surface area contributed by atoms with E-state index in [2.05, 4.69) is 15.3 Å². The number of aromatic nitrogens is 2. The number of rotatable bonds is 5. The van der Waals surface area contributed by atoms with E-state index >= 15 is 0 Å². The molecule has 1 amide bonds. The van der Waals surface area contributed by atoms with E-state index in [4.69, 9.17) is 4.74 Å². The van der Waals surface area contributed by atoms with E-state index in [1.165, 1.54) is 6.07 Å². The number of nitrogens with zero attached hydrogens (tertiary/aromatic N) is 2. The maximum Gasteiger partial charge on any atom is 0.433 e. The van der Waals surface area contributed by atoms with Crippen LogP contribution in [-0.4, -0.2) is 22.7 Å². The summed E-state index contributed by atoms with van der Waals surface area (Å²) < 4.78 is 42.0. The Hall–Kier alpha value is -2.64. The number of carbonyl (C=O) groups excluding carboxylic acids is 1. The zero-order valence-electron chi connectivity index (χ0n) is 12.0. The number of hydrogen-bond donors (Lipinski definition) is 1. The number of pyridine rings is 2. The van der Waals surface area contributed by atoms with Gasteiger partial charge in [0, 0.05) is 31.6 Å². The maximum absolute atomic E-state index is 12.4. The third kappa shape index (κ3) is 5.57. The fraction of sp³-hybridized carbons (Fsp3) is 0.267. The van der Waals surface area contributed by atoms with E-state index in [-0.39, 0.29) is 13.2 Å². The summed E-state index contributed by atoms with van der Waals surface area (Å²) in [5.41, 5.74) is 0.463. The molecule has 0 saturated heterocycles. The molecule has 2 heterocycles. The zero-order chi connectivity index (χ0) is 16.7. The van der Waals surface area contributed by atoms with E-state index < -0.39 is 18.0 Å². The van der Waals surface area contributed by atoms with Crippen LogP contribution in [0, 0.1) is 0 Å². The molecule has 2 aromatic heterocycles. The van der Waals surface area contributed by atoms with Gasteiger partial charge in [0.05, 0.1) is 6.61 Å². The molecule has 0 aliphatic heterocycles. The number of amides is 1. The topological polar surface area (TPSA) is 64.1 Å². The van der Waals surface area contributed by atoms with E-state index in [1.807, 2.05) is 12.1 Å². The van der Waals surface area contributed by atoms with Gasteiger partial charge in [0.1, 0.15) is 5.69 Å². The van der Waals surface area contributed by atoms with Gasteiger partial charge in [-0.05, 0) is 29.3 Å². The summed E-state index contributed by atoms with van der Waals surface area (Å²) in [6, 6.07) is 5.75. The van der Waals surface area contributed by atoms with Crippen LogP contribution < -0.4 is 5.32 Å². The fourth-order valence-corrected chi connectivity index (χ4v) is 1.73. The number of alkyl halides is 3. The van der Waals surface area contributed by atoms with Crippen molar-refractivity contribution in [3.63, 3.8) is 0 Å². The van der Waals surface area contributed by atoms with Gasteiger partial charge < -0.3 is 10.1 Å². The van der Waals surface area contributed by atoms with Crippen molar-refractivity contribution in [1.82, 2.24) is 15.3 Å². The summed E-state index contributed by atoms with van der Waals surface area (Å²) in [4.78, 5) is 18.7. The lowest BCUT2D eigenvalue weighted by Crippen LogP contribution is -2.24. The summed E-state index contributed by atoms with van der Waals surface area (Å²) in [5.74, 6) is 0. The molecule has 5 nitrogen and oxygen atoms in total. The van der Waals surface area contributed by atoms with Crippen molar-refractivity contribution in [3.05, 3.63) is 59.7 Å². The molecule has 0 unspecified atom stereocenters. The predicted molar refractivity (Wildman–Crippen MR) is 75.4 cm³/mol. The molecule has 0 aliphatic carbocycles. The second-order valence-electron chi connectivity index (χ2n) is 4.64. The zero-order valence-corrected chi connectivity index (χ0v) is 12.0. The number of carbonyl (C=O) groups is 1. The summed E-state index contributed by atoms with van der Waals surface area (Å²) in [7, 11) is 0.